The molecule has 0 spiro atoms. The van der Waals surface area contributed by atoms with Crippen LogP contribution in [-0.2, 0) is 20.2 Å². The number of hydrogen-bond donors (Lipinski definition) is 1. The summed E-state index contributed by atoms with van der Waals surface area (Å²) in [6.45, 7) is 1.39. The molecule has 6 atom stereocenters. The van der Waals surface area contributed by atoms with Crippen molar-refractivity contribution in [3.05, 3.63) is 11.1 Å². The third-order valence-corrected chi connectivity index (χ3v) is 12.9. The van der Waals surface area contributed by atoms with Crippen LogP contribution in [0.4, 0.5) is 0 Å². The molecule has 1 saturated heterocycles. The van der Waals surface area contributed by atoms with Gasteiger partial charge in [0.2, 0.25) is 5.04 Å². The maximum absolute atomic E-state index is 11.2. The molecule has 0 bridgehead atoms. The van der Waals surface area contributed by atoms with E-state index in [0.717, 1.165) is 43.6 Å². The number of alkyl halides is 2. The summed E-state index contributed by atoms with van der Waals surface area (Å²) >= 11 is 16.8. The fourth-order valence-corrected chi connectivity index (χ4v) is 10.7. The molecule has 4 aliphatic rings. The van der Waals surface area contributed by atoms with Crippen LogP contribution in [0, 0.1) is 0 Å². The van der Waals surface area contributed by atoms with Crippen LogP contribution in [-0.4, -0.2) is 98.4 Å². The smallest absolute Gasteiger partial charge is 0.264 e. The highest BCUT2D eigenvalue weighted by Crippen LogP contribution is 2.48. The van der Waals surface area contributed by atoms with Gasteiger partial charge >= 0.3 is 0 Å². The molecule has 2 saturated carbocycles. The molecule has 0 amide bonds. The first-order valence-electron chi connectivity index (χ1n) is 13.0. The Labute approximate surface area is 239 Å². The van der Waals surface area contributed by atoms with Gasteiger partial charge in [-0.05, 0) is 63.1 Å². The lowest BCUT2D eigenvalue weighted by molar-refractivity contribution is -0.562. The van der Waals surface area contributed by atoms with E-state index in [4.69, 9.17) is 27.8 Å². The lowest BCUT2D eigenvalue weighted by Crippen LogP contribution is -2.40. The van der Waals surface area contributed by atoms with Crippen LogP contribution < -0.4 is 0 Å². The molecule has 0 aromatic rings. The molecule has 2 aliphatic heterocycles. The van der Waals surface area contributed by atoms with E-state index in [1.54, 1.807) is 0 Å². The standard InChI is InChI=1S/C23H36Cl2N2O6S4/c24-16-5-7-20-18(13-16)26(9-1-3-11-36(28,29)30)22(34-20)15-23-27(10-2-4-12-37(31,32)33)19-14-17(25)6-8-21(19)35-23/h15-21H,1-14H2,(H-,28,29,30,31,32,33). The Morgan fingerprint density at radius 3 is 2.32 bits per heavy atom. The molecular formula is C23H36Cl2N2O6S4. The van der Waals surface area contributed by atoms with Gasteiger partial charge < -0.3 is 9.45 Å². The Balaban J connectivity index is 1.55. The molecule has 37 heavy (non-hydrogen) atoms. The maximum atomic E-state index is 11.2. The lowest BCUT2D eigenvalue weighted by Gasteiger charge is -2.34. The zero-order valence-corrected chi connectivity index (χ0v) is 25.5. The summed E-state index contributed by atoms with van der Waals surface area (Å²) in [4.78, 5) is 2.37. The Morgan fingerprint density at radius 1 is 0.946 bits per heavy atom. The van der Waals surface area contributed by atoms with Crippen LogP contribution >= 0.6 is 46.7 Å². The minimum atomic E-state index is -4.22. The summed E-state index contributed by atoms with van der Waals surface area (Å²) < 4.78 is 67.1. The van der Waals surface area contributed by atoms with Crippen LogP contribution in [0.3, 0.4) is 0 Å². The predicted molar refractivity (Wildman–Crippen MR) is 152 cm³/mol. The number of halogens is 2. The summed E-state index contributed by atoms with van der Waals surface area (Å²) in [5, 5.41) is 3.48. The minimum absolute atomic E-state index is 0.127. The van der Waals surface area contributed by atoms with Gasteiger partial charge in [0.05, 0.1) is 26.1 Å². The molecule has 3 fully saturated rings. The van der Waals surface area contributed by atoms with E-state index in [-0.39, 0.29) is 22.3 Å². The van der Waals surface area contributed by atoms with Crippen LogP contribution in [0.5, 0.6) is 0 Å². The number of fused-ring (bicyclic) bond motifs is 2. The second-order valence-electron chi connectivity index (χ2n) is 10.4. The summed E-state index contributed by atoms with van der Waals surface area (Å²) in [6, 6.07) is 0.594. The van der Waals surface area contributed by atoms with Gasteiger partial charge in [-0.15, -0.1) is 35.0 Å². The SMILES string of the molecule is O=S(=O)([O-])CCCCN1C(=CC2=[N+](CCCCS(=O)(=O)O)C3CC(Cl)CCC3S2)SC2CCC(Cl)CC21. The Morgan fingerprint density at radius 2 is 1.62 bits per heavy atom. The average Bonchev–Trinajstić information content (AvgIpc) is 3.30. The van der Waals surface area contributed by atoms with E-state index in [0.29, 0.717) is 61.4 Å². The van der Waals surface area contributed by atoms with Crippen molar-refractivity contribution in [2.24, 2.45) is 0 Å². The molecule has 0 radical (unpaired) electrons. The average molecular weight is 636 g/mol. The van der Waals surface area contributed by atoms with Crippen molar-refractivity contribution in [2.45, 2.75) is 97.5 Å². The topological polar surface area (TPSA) is 118 Å². The summed E-state index contributed by atoms with van der Waals surface area (Å²) in [5.74, 6) is -0.574. The monoisotopic (exact) mass is 634 g/mol. The Bertz CT molecular complexity index is 1100. The van der Waals surface area contributed by atoms with Crippen molar-refractivity contribution in [3.63, 3.8) is 0 Å². The van der Waals surface area contributed by atoms with Gasteiger partial charge in [-0.1, -0.05) is 0 Å². The summed E-state index contributed by atoms with van der Waals surface area (Å²) in [5.41, 5.74) is 0. The first-order valence-corrected chi connectivity index (χ1v) is 18.8. The molecule has 2 heterocycles. The minimum Gasteiger partial charge on any atom is -0.748 e. The van der Waals surface area contributed by atoms with Crippen molar-refractivity contribution < 1.29 is 30.5 Å². The van der Waals surface area contributed by atoms with Crippen molar-refractivity contribution in [2.75, 3.05) is 24.6 Å². The van der Waals surface area contributed by atoms with Gasteiger partial charge in [0, 0.05) is 53.3 Å². The highest BCUT2D eigenvalue weighted by atomic mass is 35.5. The molecule has 2 aliphatic carbocycles. The third-order valence-electron chi connectivity index (χ3n) is 7.63. The maximum Gasteiger partial charge on any atom is 0.264 e. The zero-order chi connectivity index (χ0) is 26.8. The highest BCUT2D eigenvalue weighted by Gasteiger charge is 2.47. The fraction of sp³-hybridized carbons (Fsp3) is 0.870. The van der Waals surface area contributed by atoms with Gasteiger partial charge in [0.15, 0.2) is 6.04 Å². The molecule has 4 rings (SSSR count). The summed E-state index contributed by atoms with van der Waals surface area (Å²) in [7, 11) is -8.19. The zero-order valence-electron chi connectivity index (χ0n) is 20.7. The highest BCUT2D eigenvalue weighted by molar-refractivity contribution is 8.15. The van der Waals surface area contributed by atoms with Gasteiger partial charge in [0.1, 0.15) is 6.54 Å². The first kappa shape index (κ1) is 30.3. The van der Waals surface area contributed by atoms with E-state index >= 15 is 0 Å². The largest absolute Gasteiger partial charge is 0.748 e. The first-order chi connectivity index (χ1) is 17.4. The van der Waals surface area contributed by atoms with Crippen LogP contribution in [0.25, 0.3) is 0 Å². The van der Waals surface area contributed by atoms with Crippen LogP contribution in [0.1, 0.15) is 64.2 Å². The molecular weight excluding hydrogens is 599 g/mol. The second-order valence-corrected chi connectivity index (χ2v) is 17.3. The quantitative estimate of drug-likeness (QED) is 0.155. The normalized spacial score (nSPS) is 33.7. The van der Waals surface area contributed by atoms with E-state index in [9.17, 15) is 21.4 Å². The number of hydrogen-bond acceptors (Lipinski definition) is 8. The summed E-state index contributed by atoms with van der Waals surface area (Å²) in [6.07, 6.45) is 10.1. The van der Waals surface area contributed by atoms with E-state index in [2.05, 4.69) is 15.6 Å². The second kappa shape index (κ2) is 12.9. The molecule has 6 unspecified atom stereocenters. The molecule has 0 aromatic carbocycles. The van der Waals surface area contributed by atoms with Gasteiger partial charge in [0.25, 0.3) is 10.1 Å². The molecule has 8 nitrogen and oxygen atoms in total. The molecule has 0 aromatic heterocycles. The van der Waals surface area contributed by atoms with E-state index in [1.807, 2.05) is 23.5 Å². The predicted octanol–water partition coefficient (Wildman–Crippen LogP) is 4.08. The Hall–Kier alpha value is 0.310. The Kier molecular flexibility index (Phi) is 10.5. The van der Waals surface area contributed by atoms with Crippen molar-refractivity contribution in [1.82, 2.24) is 4.90 Å². The van der Waals surface area contributed by atoms with Crippen LogP contribution in [0.2, 0.25) is 0 Å². The lowest BCUT2D eigenvalue weighted by atomic mass is 9.93. The number of rotatable bonds is 11. The van der Waals surface area contributed by atoms with Crippen molar-refractivity contribution in [3.8, 4) is 0 Å². The van der Waals surface area contributed by atoms with Crippen molar-refractivity contribution >= 4 is 72.0 Å². The van der Waals surface area contributed by atoms with Gasteiger partial charge in [-0.3, -0.25) is 4.55 Å². The number of unbranched alkanes of at least 4 members (excludes halogenated alkanes) is 2. The van der Waals surface area contributed by atoms with Crippen molar-refractivity contribution in [1.29, 1.82) is 0 Å². The van der Waals surface area contributed by atoms with Gasteiger partial charge in [-0.2, -0.15) is 8.42 Å². The van der Waals surface area contributed by atoms with Crippen LogP contribution in [0.15, 0.2) is 11.1 Å². The fourth-order valence-electron chi connectivity index (χ4n) is 5.86. The van der Waals surface area contributed by atoms with E-state index in [1.165, 1.54) is 5.04 Å². The van der Waals surface area contributed by atoms with E-state index < -0.39 is 20.2 Å². The molecule has 1 N–H and O–H groups in total. The van der Waals surface area contributed by atoms with Gasteiger partial charge in [-0.25, -0.2) is 13.0 Å². The third kappa shape index (κ3) is 8.65. The molecule has 212 valence electrons. The number of nitrogens with zero attached hydrogens (tertiary/aromatic N) is 2. The number of thioether (sulfide) groups is 2. The molecule has 14 heteroatoms.